The van der Waals surface area contributed by atoms with Crippen molar-refractivity contribution in [2.45, 2.75) is 26.4 Å². The maximum absolute atomic E-state index is 12.7. The number of aromatic nitrogens is 2. The molecule has 0 aliphatic carbocycles. The number of rotatable bonds is 8. The number of hydrogen-bond donors (Lipinski definition) is 1. The maximum Gasteiger partial charge on any atom is 0.253 e. The molecule has 160 valence electrons. The molecular formula is C24H26N4O2S. The van der Waals surface area contributed by atoms with Crippen LogP contribution in [0.4, 0.5) is 5.82 Å². The van der Waals surface area contributed by atoms with Crippen molar-refractivity contribution in [3.8, 4) is 5.75 Å². The molecule has 4 aromatic rings. The molecule has 0 saturated heterocycles. The summed E-state index contributed by atoms with van der Waals surface area (Å²) in [5, 5.41) is 5.01. The smallest absolute Gasteiger partial charge is 0.253 e. The Morgan fingerprint density at radius 3 is 2.68 bits per heavy atom. The summed E-state index contributed by atoms with van der Waals surface area (Å²) in [6.07, 6.45) is 2.69. The molecule has 7 heteroatoms. The fourth-order valence-electron chi connectivity index (χ4n) is 3.62. The Hall–Kier alpha value is -3.32. The number of pyridine rings is 1. The van der Waals surface area contributed by atoms with Crippen LogP contribution in [0.15, 0.2) is 60.1 Å². The maximum atomic E-state index is 12.7. The second-order valence-corrected chi connectivity index (χ2v) is 8.38. The fourth-order valence-corrected chi connectivity index (χ4v) is 4.26. The molecular weight excluding hydrogens is 408 g/mol. The van der Waals surface area contributed by atoms with Crippen molar-refractivity contribution in [2.24, 2.45) is 0 Å². The SMILES string of the molecule is CCc1nc2ccc(C(=O)NCc3cccs3)cn2c1N(C)Cc1ccc(OC)cc1. The zero-order valence-corrected chi connectivity index (χ0v) is 18.8. The zero-order chi connectivity index (χ0) is 21.8. The molecule has 31 heavy (non-hydrogen) atoms. The monoisotopic (exact) mass is 434 g/mol. The molecule has 0 bridgehead atoms. The highest BCUT2D eigenvalue weighted by atomic mass is 32.1. The van der Waals surface area contributed by atoms with Gasteiger partial charge in [-0.25, -0.2) is 4.98 Å². The average Bonchev–Trinajstić information content (AvgIpc) is 3.44. The van der Waals surface area contributed by atoms with Crippen molar-refractivity contribution in [3.05, 3.63) is 81.8 Å². The minimum absolute atomic E-state index is 0.0918. The third kappa shape index (κ3) is 4.56. The summed E-state index contributed by atoms with van der Waals surface area (Å²) in [6.45, 7) is 3.35. The fraction of sp³-hybridized carbons (Fsp3) is 0.250. The Kier molecular flexibility index (Phi) is 6.23. The van der Waals surface area contributed by atoms with Crippen LogP contribution in [0, 0.1) is 0 Å². The van der Waals surface area contributed by atoms with Gasteiger partial charge in [0.2, 0.25) is 0 Å². The highest BCUT2D eigenvalue weighted by Gasteiger charge is 2.17. The number of fused-ring (bicyclic) bond motifs is 1. The predicted molar refractivity (Wildman–Crippen MR) is 125 cm³/mol. The second-order valence-electron chi connectivity index (χ2n) is 7.35. The normalized spacial score (nSPS) is 10.9. The highest BCUT2D eigenvalue weighted by molar-refractivity contribution is 7.09. The number of hydrogen-bond acceptors (Lipinski definition) is 5. The number of carbonyl (C=O) groups is 1. The standard InChI is InChI=1S/C24H26N4O2S/c1-4-21-24(27(2)15-17-7-10-19(30-3)11-8-17)28-16-18(9-12-22(28)26-21)23(29)25-14-20-6-5-13-31-20/h5-13,16H,4,14-15H2,1-3H3,(H,25,29). The summed E-state index contributed by atoms with van der Waals surface area (Å²) in [5.41, 5.74) is 3.63. The van der Waals surface area contributed by atoms with Crippen molar-refractivity contribution in [1.29, 1.82) is 0 Å². The lowest BCUT2D eigenvalue weighted by molar-refractivity contribution is 0.0951. The number of methoxy groups -OCH3 is 1. The van der Waals surface area contributed by atoms with Crippen molar-refractivity contribution in [2.75, 3.05) is 19.1 Å². The van der Waals surface area contributed by atoms with Crippen LogP contribution in [0.3, 0.4) is 0 Å². The van der Waals surface area contributed by atoms with Crippen molar-refractivity contribution in [1.82, 2.24) is 14.7 Å². The van der Waals surface area contributed by atoms with E-state index in [9.17, 15) is 4.79 Å². The van der Waals surface area contributed by atoms with Crippen molar-refractivity contribution >= 4 is 28.7 Å². The Labute approximate surface area is 186 Å². The summed E-state index contributed by atoms with van der Waals surface area (Å²) in [4.78, 5) is 20.8. The molecule has 0 unspecified atom stereocenters. The first kappa shape index (κ1) is 20.9. The number of benzene rings is 1. The third-order valence-electron chi connectivity index (χ3n) is 5.20. The lowest BCUT2D eigenvalue weighted by Crippen LogP contribution is -2.23. The molecule has 0 fully saturated rings. The van der Waals surface area contributed by atoms with Crippen LogP contribution in [0.1, 0.15) is 33.4 Å². The number of imidazole rings is 1. The van der Waals surface area contributed by atoms with Crippen LogP contribution in [-0.4, -0.2) is 29.4 Å². The summed E-state index contributed by atoms with van der Waals surface area (Å²) in [6, 6.07) is 15.8. The van der Waals surface area contributed by atoms with Gasteiger partial charge in [0.15, 0.2) is 0 Å². The van der Waals surface area contributed by atoms with Crippen LogP contribution in [0.2, 0.25) is 0 Å². The van der Waals surface area contributed by atoms with Crippen LogP contribution >= 0.6 is 11.3 Å². The van der Waals surface area contributed by atoms with E-state index in [4.69, 9.17) is 9.72 Å². The van der Waals surface area contributed by atoms with Crippen molar-refractivity contribution < 1.29 is 9.53 Å². The van der Waals surface area contributed by atoms with Gasteiger partial charge in [0.25, 0.3) is 5.91 Å². The van der Waals surface area contributed by atoms with Gasteiger partial charge in [-0.05, 0) is 47.7 Å². The van der Waals surface area contributed by atoms with Crippen LogP contribution < -0.4 is 15.0 Å². The molecule has 0 aliphatic rings. The van der Waals surface area contributed by atoms with E-state index in [-0.39, 0.29) is 5.91 Å². The van der Waals surface area contributed by atoms with Gasteiger partial charge in [0.1, 0.15) is 17.2 Å². The first-order valence-corrected chi connectivity index (χ1v) is 11.1. The van der Waals surface area contributed by atoms with Gasteiger partial charge in [-0.3, -0.25) is 9.20 Å². The molecule has 6 nitrogen and oxygen atoms in total. The first-order valence-electron chi connectivity index (χ1n) is 10.2. The van der Waals surface area contributed by atoms with E-state index in [2.05, 4.69) is 36.3 Å². The predicted octanol–water partition coefficient (Wildman–Crippen LogP) is 4.53. The molecule has 4 rings (SSSR count). The van der Waals surface area contributed by atoms with Crippen LogP contribution in [-0.2, 0) is 19.5 Å². The molecule has 1 amide bonds. The van der Waals surface area contributed by atoms with E-state index in [1.165, 1.54) is 5.56 Å². The van der Waals surface area contributed by atoms with E-state index in [1.807, 2.05) is 52.4 Å². The number of aryl methyl sites for hydroxylation is 1. The Balaban J connectivity index is 1.60. The third-order valence-corrected chi connectivity index (χ3v) is 6.08. The summed E-state index contributed by atoms with van der Waals surface area (Å²) in [5.74, 6) is 1.75. The van der Waals surface area contributed by atoms with Gasteiger partial charge >= 0.3 is 0 Å². The minimum Gasteiger partial charge on any atom is -0.497 e. The Bertz CT molecular complexity index is 1170. The number of carbonyl (C=O) groups excluding carboxylic acids is 1. The second kappa shape index (κ2) is 9.22. The molecule has 0 spiro atoms. The number of amides is 1. The summed E-state index contributed by atoms with van der Waals surface area (Å²) >= 11 is 1.63. The van der Waals surface area contributed by atoms with Gasteiger partial charge in [0.05, 0.1) is 24.9 Å². The molecule has 0 atom stereocenters. The minimum atomic E-state index is -0.0918. The van der Waals surface area contributed by atoms with Gasteiger partial charge in [-0.1, -0.05) is 25.1 Å². The van der Waals surface area contributed by atoms with Crippen molar-refractivity contribution in [3.63, 3.8) is 0 Å². The van der Waals surface area contributed by atoms with E-state index < -0.39 is 0 Å². The summed E-state index contributed by atoms with van der Waals surface area (Å²) < 4.78 is 7.27. The Morgan fingerprint density at radius 2 is 2.00 bits per heavy atom. The number of anilines is 1. The molecule has 1 N–H and O–H groups in total. The Morgan fingerprint density at radius 1 is 1.19 bits per heavy atom. The first-order chi connectivity index (χ1) is 15.1. The number of thiophene rings is 1. The summed E-state index contributed by atoms with van der Waals surface area (Å²) in [7, 11) is 3.72. The van der Waals surface area contributed by atoms with E-state index in [0.717, 1.165) is 40.8 Å². The van der Waals surface area contributed by atoms with E-state index in [1.54, 1.807) is 18.4 Å². The van der Waals surface area contributed by atoms with Gasteiger partial charge in [0, 0.05) is 24.7 Å². The van der Waals surface area contributed by atoms with E-state index >= 15 is 0 Å². The molecule has 3 heterocycles. The highest BCUT2D eigenvalue weighted by Crippen LogP contribution is 2.25. The number of nitrogens with zero attached hydrogens (tertiary/aromatic N) is 3. The quantitative estimate of drug-likeness (QED) is 0.443. The van der Waals surface area contributed by atoms with E-state index in [0.29, 0.717) is 12.1 Å². The lowest BCUT2D eigenvalue weighted by atomic mass is 10.2. The number of ether oxygens (including phenoxy) is 1. The largest absolute Gasteiger partial charge is 0.497 e. The molecule has 0 aliphatic heterocycles. The topological polar surface area (TPSA) is 58.9 Å². The van der Waals surface area contributed by atoms with Gasteiger partial charge < -0.3 is 15.0 Å². The molecule has 0 saturated carbocycles. The molecule has 0 radical (unpaired) electrons. The molecule has 3 aromatic heterocycles. The van der Waals surface area contributed by atoms with Crippen LogP contribution in [0.5, 0.6) is 5.75 Å². The lowest BCUT2D eigenvalue weighted by Gasteiger charge is -2.20. The molecule has 1 aromatic carbocycles. The number of nitrogens with one attached hydrogen (secondary N) is 1. The zero-order valence-electron chi connectivity index (χ0n) is 18.0. The van der Waals surface area contributed by atoms with Crippen LogP contribution in [0.25, 0.3) is 5.65 Å². The van der Waals surface area contributed by atoms with Gasteiger partial charge in [-0.15, -0.1) is 11.3 Å². The van der Waals surface area contributed by atoms with Gasteiger partial charge in [-0.2, -0.15) is 0 Å². The average molecular weight is 435 g/mol.